The Labute approximate surface area is 143 Å². The summed E-state index contributed by atoms with van der Waals surface area (Å²) >= 11 is 6.61. The number of amides is 2. The second-order valence-electron chi connectivity index (χ2n) is 5.03. The number of halogens is 1. The quantitative estimate of drug-likeness (QED) is 0.596. The van der Waals surface area contributed by atoms with Crippen molar-refractivity contribution in [3.8, 4) is 0 Å². The molecule has 122 valence electrons. The van der Waals surface area contributed by atoms with Crippen molar-refractivity contribution in [2.75, 3.05) is 6.54 Å². The van der Waals surface area contributed by atoms with Crippen LogP contribution in [0.3, 0.4) is 0 Å². The van der Waals surface area contributed by atoms with Crippen LogP contribution < -0.4 is 0 Å². The van der Waals surface area contributed by atoms with Crippen LogP contribution in [0.25, 0.3) is 6.08 Å². The molecule has 2 amide bonds. The van der Waals surface area contributed by atoms with Crippen LogP contribution in [0.4, 0.5) is 4.79 Å². The van der Waals surface area contributed by atoms with Crippen LogP contribution in [0.1, 0.15) is 25.8 Å². The van der Waals surface area contributed by atoms with Gasteiger partial charge in [0.2, 0.25) is 0 Å². The molecule has 0 unspecified atom stereocenters. The smallest absolute Gasteiger partial charge is 0.326 e. The van der Waals surface area contributed by atoms with E-state index >= 15 is 0 Å². The molecule has 1 fully saturated rings. The lowest BCUT2D eigenvalue weighted by Gasteiger charge is -2.14. The lowest BCUT2D eigenvalue weighted by atomic mass is 10.2. The van der Waals surface area contributed by atoms with Gasteiger partial charge in [-0.2, -0.15) is 0 Å². The molecule has 7 heteroatoms. The third-order valence-electron chi connectivity index (χ3n) is 3.24. The number of carbonyl (C=O) groups excluding carboxylic acids is 3. The molecule has 23 heavy (non-hydrogen) atoms. The topological polar surface area (TPSA) is 63.7 Å². The predicted octanol–water partition coefficient (Wildman–Crippen LogP) is 3.72. The molecule has 0 N–H and O–H groups in total. The van der Waals surface area contributed by atoms with Crippen molar-refractivity contribution in [3.63, 3.8) is 0 Å². The van der Waals surface area contributed by atoms with Crippen molar-refractivity contribution in [1.82, 2.24) is 4.90 Å². The second kappa shape index (κ2) is 7.66. The van der Waals surface area contributed by atoms with E-state index in [4.69, 9.17) is 16.3 Å². The van der Waals surface area contributed by atoms with Gasteiger partial charge in [0, 0.05) is 5.02 Å². The van der Waals surface area contributed by atoms with E-state index in [0.717, 1.165) is 22.2 Å². The molecule has 1 aliphatic rings. The van der Waals surface area contributed by atoms with E-state index in [1.54, 1.807) is 37.3 Å². The number of benzene rings is 1. The molecule has 1 aliphatic heterocycles. The molecule has 0 bridgehead atoms. The van der Waals surface area contributed by atoms with Crippen LogP contribution >= 0.6 is 23.4 Å². The molecule has 5 nitrogen and oxygen atoms in total. The molecule has 1 heterocycles. The van der Waals surface area contributed by atoms with Crippen molar-refractivity contribution in [1.29, 1.82) is 0 Å². The van der Waals surface area contributed by atoms with Gasteiger partial charge in [0.25, 0.3) is 11.1 Å². The summed E-state index contributed by atoms with van der Waals surface area (Å²) in [6.07, 6.45) is 2.03. The van der Waals surface area contributed by atoms with Crippen LogP contribution in [0.5, 0.6) is 0 Å². The zero-order valence-corrected chi connectivity index (χ0v) is 14.3. The van der Waals surface area contributed by atoms with E-state index < -0.39 is 17.1 Å². The number of hydrogen-bond donors (Lipinski definition) is 0. The van der Waals surface area contributed by atoms with Gasteiger partial charge in [-0.3, -0.25) is 19.3 Å². The van der Waals surface area contributed by atoms with E-state index in [2.05, 4.69) is 0 Å². The lowest BCUT2D eigenvalue weighted by molar-refractivity contribution is -0.150. The summed E-state index contributed by atoms with van der Waals surface area (Å²) in [5.41, 5.74) is 0.752. The van der Waals surface area contributed by atoms with Crippen LogP contribution in [-0.2, 0) is 14.3 Å². The fourth-order valence-corrected chi connectivity index (χ4v) is 2.79. The fourth-order valence-electron chi connectivity index (χ4n) is 1.82. The molecule has 0 aromatic heterocycles. The molecule has 0 spiro atoms. The van der Waals surface area contributed by atoms with Crippen molar-refractivity contribution in [3.05, 3.63) is 39.8 Å². The van der Waals surface area contributed by atoms with E-state index in [1.807, 2.05) is 6.92 Å². The third kappa shape index (κ3) is 4.59. The maximum atomic E-state index is 12.3. The Bertz CT molecular complexity index is 657. The summed E-state index contributed by atoms with van der Waals surface area (Å²) in [5.74, 6) is -1.08. The average molecular weight is 354 g/mol. The van der Waals surface area contributed by atoms with Gasteiger partial charge < -0.3 is 4.74 Å². The Kier molecular flexibility index (Phi) is 5.85. The standard InChI is InChI=1S/C16H16ClNO4S/c1-3-10(2)22-14(19)9-18-15(20)13(23-16(18)21)8-11-4-6-12(17)7-5-11/h4-8,10H,3,9H2,1-2H3/b13-8+/t10-/m1/s1. The summed E-state index contributed by atoms with van der Waals surface area (Å²) in [6, 6.07) is 6.88. The number of imide groups is 1. The minimum absolute atomic E-state index is 0.243. The monoisotopic (exact) mass is 353 g/mol. The molecule has 0 saturated carbocycles. The number of hydrogen-bond acceptors (Lipinski definition) is 5. The Hall–Kier alpha value is -1.79. The average Bonchev–Trinajstić information content (AvgIpc) is 2.77. The normalized spacial score (nSPS) is 17.7. The first-order valence-electron chi connectivity index (χ1n) is 7.11. The summed E-state index contributed by atoms with van der Waals surface area (Å²) in [7, 11) is 0. The Balaban J connectivity index is 2.07. The van der Waals surface area contributed by atoms with Gasteiger partial charge in [0.05, 0.1) is 11.0 Å². The van der Waals surface area contributed by atoms with Crippen molar-refractivity contribution in [2.45, 2.75) is 26.4 Å². The van der Waals surface area contributed by atoms with Crippen molar-refractivity contribution in [2.24, 2.45) is 0 Å². The van der Waals surface area contributed by atoms with E-state index in [9.17, 15) is 14.4 Å². The van der Waals surface area contributed by atoms with Gasteiger partial charge in [-0.05, 0) is 48.9 Å². The number of ether oxygens (including phenoxy) is 1. The number of carbonyl (C=O) groups is 3. The first-order chi connectivity index (χ1) is 10.9. The highest BCUT2D eigenvalue weighted by Crippen LogP contribution is 2.32. The first kappa shape index (κ1) is 17.6. The predicted molar refractivity (Wildman–Crippen MR) is 90.0 cm³/mol. The minimum atomic E-state index is -0.589. The third-order valence-corrected chi connectivity index (χ3v) is 4.40. The molecular weight excluding hydrogens is 338 g/mol. The molecule has 2 rings (SSSR count). The van der Waals surface area contributed by atoms with E-state index in [-0.39, 0.29) is 17.6 Å². The number of thioether (sulfide) groups is 1. The number of esters is 1. The SMILES string of the molecule is CC[C@@H](C)OC(=O)CN1C(=O)S/C(=C/c2ccc(Cl)cc2)C1=O. The summed E-state index contributed by atoms with van der Waals surface area (Å²) in [5, 5.41) is 0.111. The number of rotatable bonds is 5. The van der Waals surface area contributed by atoms with Gasteiger partial charge in [0.15, 0.2) is 0 Å². The Morgan fingerprint density at radius 3 is 2.61 bits per heavy atom. The number of nitrogens with zero attached hydrogens (tertiary/aromatic N) is 1. The van der Waals surface area contributed by atoms with Crippen molar-refractivity contribution < 1.29 is 19.1 Å². The highest BCUT2D eigenvalue weighted by molar-refractivity contribution is 8.18. The molecule has 1 aromatic rings. The van der Waals surface area contributed by atoms with Crippen LogP contribution in [0.15, 0.2) is 29.2 Å². The van der Waals surface area contributed by atoms with E-state index in [1.165, 1.54) is 0 Å². The molecule has 1 atom stereocenters. The maximum absolute atomic E-state index is 12.3. The molecule has 1 saturated heterocycles. The summed E-state index contributed by atoms with van der Waals surface area (Å²) in [4.78, 5) is 37.1. The highest BCUT2D eigenvalue weighted by atomic mass is 35.5. The largest absolute Gasteiger partial charge is 0.461 e. The minimum Gasteiger partial charge on any atom is -0.461 e. The molecular formula is C16H16ClNO4S. The highest BCUT2D eigenvalue weighted by Gasteiger charge is 2.36. The zero-order chi connectivity index (χ0) is 17.0. The zero-order valence-electron chi connectivity index (χ0n) is 12.7. The van der Waals surface area contributed by atoms with Crippen LogP contribution in [0.2, 0.25) is 5.02 Å². The van der Waals surface area contributed by atoms with Crippen LogP contribution in [0, 0.1) is 0 Å². The van der Waals surface area contributed by atoms with Gasteiger partial charge in [-0.15, -0.1) is 0 Å². The Morgan fingerprint density at radius 1 is 1.35 bits per heavy atom. The Morgan fingerprint density at radius 2 is 2.00 bits per heavy atom. The van der Waals surface area contributed by atoms with Gasteiger partial charge in [0.1, 0.15) is 6.54 Å². The second-order valence-corrected chi connectivity index (χ2v) is 6.46. The van der Waals surface area contributed by atoms with Crippen molar-refractivity contribution >= 4 is 46.6 Å². The molecule has 0 aliphatic carbocycles. The molecule has 1 aromatic carbocycles. The van der Waals surface area contributed by atoms with E-state index in [0.29, 0.717) is 11.4 Å². The summed E-state index contributed by atoms with van der Waals surface area (Å²) < 4.78 is 5.10. The fraction of sp³-hybridized carbons (Fsp3) is 0.312. The van der Waals surface area contributed by atoms with Gasteiger partial charge >= 0.3 is 5.97 Å². The van der Waals surface area contributed by atoms with Gasteiger partial charge in [-0.25, -0.2) is 0 Å². The van der Waals surface area contributed by atoms with Gasteiger partial charge in [-0.1, -0.05) is 30.7 Å². The first-order valence-corrected chi connectivity index (χ1v) is 8.30. The lowest BCUT2D eigenvalue weighted by Crippen LogP contribution is -2.35. The van der Waals surface area contributed by atoms with Crippen LogP contribution in [-0.4, -0.2) is 34.7 Å². The maximum Gasteiger partial charge on any atom is 0.326 e. The summed E-state index contributed by atoms with van der Waals surface area (Å²) in [6.45, 7) is 3.27. The molecule has 0 radical (unpaired) electrons.